The second-order valence-corrected chi connectivity index (χ2v) is 3.98. The number of esters is 1. The monoisotopic (exact) mass is 216 g/mol. The summed E-state index contributed by atoms with van der Waals surface area (Å²) in [6, 6.07) is 0.370. The standard InChI is InChI=1S/C11H24N2O2/c1-6-13(9-11(14)15-7-2)10(3)8-12(4)5/h10H,6-9H2,1-5H3. The average molecular weight is 216 g/mol. The molecule has 0 N–H and O–H groups in total. The lowest BCUT2D eigenvalue weighted by Crippen LogP contribution is -2.43. The molecule has 0 spiro atoms. The van der Waals surface area contributed by atoms with E-state index in [9.17, 15) is 4.79 Å². The molecule has 0 fully saturated rings. The Morgan fingerprint density at radius 3 is 2.33 bits per heavy atom. The highest BCUT2D eigenvalue weighted by Crippen LogP contribution is 2.00. The molecule has 0 rings (SSSR count). The summed E-state index contributed by atoms with van der Waals surface area (Å²) in [5.41, 5.74) is 0. The SMILES string of the molecule is CCOC(=O)CN(CC)C(C)CN(C)C. The van der Waals surface area contributed by atoms with Crippen LogP contribution in [0.5, 0.6) is 0 Å². The minimum Gasteiger partial charge on any atom is -0.465 e. The third kappa shape index (κ3) is 6.47. The molecule has 0 amide bonds. The fourth-order valence-electron chi connectivity index (χ4n) is 1.60. The van der Waals surface area contributed by atoms with Crippen molar-refractivity contribution >= 4 is 5.97 Å². The summed E-state index contributed by atoms with van der Waals surface area (Å²) in [4.78, 5) is 15.6. The van der Waals surface area contributed by atoms with E-state index in [0.717, 1.165) is 13.1 Å². The lowest BCUT2D eigenvalue weighted by molar-refractivity contribution is -0.145. The third-order valence-electron chi connectivity index (χ3n) is 2.30. The van der Waals surface area contributed by atoms with E-state index in [1.807, 2.05) is 21.0 Å². The zero-order valence-corrected chi connectivity index (χ0v) is 10.6. The first kappa shape index (κ1) is 14.4. The fourth-order valence-corrected chi connectivity index (χ4v) is 1.60. The van der Waals surface area contributed by atoms with Gasteiger partial charge in [-0.2, -0.15) is 0 Å². The van der Waals surface area contributed by atoms with E-state index in [4.69, 9.17) is 4.74 Å². The summed E-state index contributed by atoms with van der Waals surface area (Å²) >= 11 is 0. The Labute approximate surface area is 93.2 Å². The molecule has 90 valence electrons. The van der Waals surface area contributed by atoms with Gasteiger partial charge in [0.2, 0.25) is 0 Å². The number of ether oxygens (including phenoxy) is 1. The number of hydrogen-bond acceptors (Lipinski definition) is 4. The summed E-state index contributed by atoms with van der Waals surface area (Å²) < 4.78 is 4.94. The fraction of sp³-hybridized carbons (Fsp3) is 0.909. The zero-order chi connectivity index (χ0) is 11.8. The summed E-state index contributed by atoms with van der Waals surface area (Å²) in [7, 11) is 4.07. The lowest BCUT2D eigenvalue weighted by Gasteiger charge is -2.28. The topological polar surface area (TPSA) is 32.8 Å². The van der Waals surface area contributed by atoms with Crippen LogP contribution in [0.3, 0.4) is 0 Å². The number of likely N-dealkylation sites (N-methyl/N-ethyl adjacent to an activating group) is 2. The molecule has 4 nitrogen and oxygen atoms in total. The number of carbonyl (C=O) groups excluding carboxylic acids is 1. The summed E-state index contributed by atoms with van der Waals surface area (Å²) in [6.07, 6.45) is 0. The minimum absolute atomic E-state index is 0.134. The molecule has 0 aromatic heterocycles. The van der Waals surface area contributed by atoms with Crippen LogP contribution in [0.4, 0.5) is 0 Å². The van der Waals surface area contributed by atoms with Crippen molar-refractivity contribution in [3.63, 3.8) is 0 Å². The Morgan fingerprint density at radius 1 is 1.33 bits per heavy atom. The van der Waals surface area contributed by atoms with Crippen molar-refractivity contribution in [1.82, 2.24) is 9.80 Å². The smallest absolute Gasteiger partial charge is 0.320 e. The summed E-state index contributed by atoms with van der Waals surface area (Å²) in [6.45, 7) is 8.68. The summed E-state index contributed by atoms with van der Waals surface area (Å²) in [5, 5.41) is 0. The summed E-state index contributed by atoms with van der Waals surface area (Å²) in [5.74, 6) is -0.134. The number of nitrogens with zero attached hydrogens (tertiary/aromatic N) is 2. The molecule has 0 heterocycles. The Kier molecular flexibility index (Phi) is 7.34. The van der Waals surface area contributed by atoms with Crippen LogP contribution in [-0.4, -0.2) is 62.1 Å². The first-order valence-corrected chi connectivity index (χ1v) is 5.55. The molecule has 0 aromatic carbocycles. The van der Waals surface area contributed by atoms with Crippen LogP contribution in [0, 0.1) is 0 Å². The Balaban J connectivity index is 4.05. The molecule has 0 aromatic rings. The average Bonchev–Trinajstić information content (AvgIpc) is 2.13. The van der Waals surface area contributed by atoms with Crippen molar-refractivity contribution in [2.45, 2.75) is 26.8 Å². The van der Waals surface area contributed by atoms with Crippen LogP contribution in [0.25, 0.3) is 0 Å². The molecular formula is C11H24N2O2. The Bertz CT molecular complexity index is 183. The maximum Gasteiger partial charge on any atom is 0.320 e. The second kappa shape index (κ2) is 7.65. The van der Waals surface area contributed by atoms with Gasteiger partial charge in [-0.25, -0.2) is 0 Å². The van der Waals surface area contributed by atoms with Gasteiger partial charge in [0, 0.05) is 12.6 Å². The molecule has 15 heavy (non-hydrogen) atoms. The molecule has 0 aliphatic heterocycles. The van der Waals surface area contributed by atoms with Gasteiger partial charge in [-0.15, -0.1) is 0 Å². The van der Waals surface area contributed by atoms with Crippen molar-refractivity contribution < 1.29 is 9.53 Å². The normalized spacial score (nSPS) is 13.3. The molecule has 1 unspecified atom stereocenters. The molecule has 0 radical (unpaired) electrons. The van der Waals surface area contributed by atoms with Crippen molar-refractivity contribution in [1.29, 1.82) is 0 Å². The number of hydrogen-bond donors (Lipinski definition) is 0. The molecular weight excluding hydrogens is 192 g/mol. The highest BCUT2D eigenvalue weighted by atomic mass is 16.5. The van der Waals surface area contributed by atoms with Gasteiger partial charge in [0.15, 0.2) is 0 Å². The van der Waals surface area contributed by atoms with Crippen LogP contribution < -0.4 is 0 Å². The van der Waals surface area contributed by atoms with E-state index in [1.54, 1.807) is 0 Å². The predicted molar refractivity (Wildman–Crippen MR) is 61.9 cm³/mol. The van der Waals surface area contributed by atoms with Crippen LogP contribution in [0.15, 0.2) is 0 Å². The quantitative estimate of drug-likeness (QED) is 0.590. The highest BCUT2D eigenvalue weighted by molar-refractivity contribution is 5.71. The largest absolute Gasteiger partial charge is 0.465 e. The molecule has 0 saturated carbocycles. The molecule has 0 bridgehead atoms. The molecule has 0 aliphatic rings. The lowest BCUT2D eigenvalue weighted by atomic mass is 10.2. The molecule has 4 heteroatoms. The van der Waals surface area contributed by atoms with Crippen molar-refractivity contribution in [3.8, 4) is 0 Å². The van der Waals surface area contributed by atoms with Gasteiger partial charge in [0.05, 0.1) is 13.2 Å². The van der Waals surface area contributed by atoms with Gasteiger partial charge < -0.3 is 9.64 Å². The van der Waals surface area contributed by atoms with E-state index in [0.29, 0.717) is 19.2 Å². The Morgan fingerprint density at radius 2 is 1.93 bits per heavy atom. The van der Waals surface area contributed by atoms with Crippen LogP contribution in [0.1, 0.15) is 20.8 Å². The van der Waals surface area contributed by atoms with E-state index in [1.165, 1.54) is 0 Å². The van der Waals surface area contributed by atoms with Crippen molar-refractivity contribution in [2.24, 2.45) is 0 Å². The van der Waals surface area contributed by atoms with E-state index >= 15 is 0 Å². The van der Waals surface area contributed by atoms with Gasteiger partial charge in [0.1, 0.15) is 0 Å². The van der Waals surface area contributed by atoms with Gasteiger partial charge in [-0.3, -0.25) is 9.69 Å². The maximum atomic E-state index is 11.3. The van der Waals surface area contributed by atoms with Gasteiger partial charge in [0.25, 0.3) is 0 Å². The molecule has 0 aliphatic carbocycles. The van der Waals surface area contributed by atoms with Crippen LogP contribution in [0.2, 0.25) is 0 Å². The highest BCUT2D eigenvalue weighted by Gasteiger charge is 2.16. The molecule has 0 saturated heterocycles. The van der Waals surface area contributed by atoms with Crippen molar-refractivity contribution in [3.05, 3.63) is 0 Å². The number of carbonyl (C=O) groups is 1. The first-order valence-electron chi connectivity index (χ1n) is 5.55. The van der Waals surface area contributed by atoms with Crippen molar-refractivity contribution in [2.75, 3.05) is 40.3 Å². The molecule has 1 atom stereocenters. The van der Waals surface area contributed by atoms with Gasteiger partial charge in [-0.05, 0) is 34.5 Å². The zero-order valence-electron chi connectivity index (χ0n) is 10.6. The van der Waals surface area contributed by atoms with Gasteiger partial charge in [-0.1, -0.05) is 6.92 Å². The minimum atomic E-state index is -0.134. The van der Waals surface area contributed by atoms with E-state index in [-0.39, 0.29) is 5.97 Å². The third-order valence-corrected chi connectivity index (χ3v) is 2.30. The van der Waals surface area contributed by atoms with E-state index in [2.05, 4.69) is 23.6 Å². The Hall–Kier alpha value is -0.610. The predicted octanol–water partition coefficient (Wildman–Crippen LogP) is 0.822. The first-order chi connectivity index (χ1) is 7.01. The number of rotatable bonds is 7. The van der Waals surface area contributed by atoms with Crippen LogP contribution >= 0.6 is 0 Å². The second-order valence-electron chi connectivity index (χ2n) is 3.98. The van der Waals surface area contributed by atoms with Crippen LogP contribution in [-0.2, 0) is 9.53 Å². The van der Waals surface area contributed by atoms with E-state index < -0.39 is 0 Å². The van der Waals surface area contributed by atoms with Gasteiger partial charge >= 0.3 is 5.97 Å². The maximum absolute atomic E-state index is 11.3.